The summed E-state index contributed by atoms with van der Waals surface area (Å²) in [7, 11) is 0. The van der Waals surface area contributed by atoms with E-state index in [1.54, 1.807) is 0 Å². The van der Waals surface area contributed by atoms with Crippen molar-refractivity contribution in [1.29, 1.82) is 0 Å². The van der Waals surface area contributed by atoms with Crippen LogP contribution in [0.2, 0.25) is 0 Å². The Kier molecular flexibility index (Phi) is 21.6. The second-order valence-electron chi connectivity index (χ2n) is 9.13. The van der Waals surface area contributed by atoms with Crippen LogP contribution in [0.4, 0.5) is 0 Å². The van der Waals surface area contributed by atoms with Gasteiger partial charge in [-0.25, -0.2) is 4.79 Å². The molecule has 0 aliphatic rings. The molecule has 188 valence electrons. The summed E-state index contributed by atoms with van der Waals surface area (Å²) in [5.74, 6) is -1.58. The van der Waals surface area contributed by atoms with E-state index in [-0.39, 0.29) is 12.2 Å². The van der Waals surface area contributed by atoms with E-state index in [1.807, 2.05) is 0 Å². The number of carboxylic acids is 1. The molecule has 0 fully saturated rings. The van der Waals surface area contributed by atoms with Gasteiger partial charge in [-0.15, -0.1) is 0 Å². The molecule has 5 heteroatoms. The van der Waals surface area contributed by atoms with Crippen LogP contribution in [-0.4, -0.2) is 28.3 Å². The Balaban J connectivity index is 3.95. The minimum Gasteiger partial charge on any atom is -0.512 e. The number of aliphatic hydroxyl groups is 1. The van der Waals surface area contributed by atoms with E-state index in [2.05, 4.69) is 13.8 Å². The lowest BCUT2D eigenvalue weighted by Gasteiger charge is -2.15. The number of esters is 1. The molecule has 0 rings (SSSR count). The monoisotopic (exact) mass is 454 g/mol. The molecule has 0 heterocycles. The smallest absolute Gasteiger partial charge is 0.334 e. The van der Waals surface area contributed by atoms with Crippen molar-refractivity contribution >= 4 is 11.9 Å². The zero-order valence-corrected chi connectivity index (χ0v) is 20.9. The Morgan fingerprint density at radius 1 is 0.688 bits per heavy atom. The van der Waals surface area contributed by atoms with Crippen LogP contribution in [0.5, 0.6) is 0 Å². The molecule has 0 aliphatic heterocycles. The summed E-state index contributed by atoms with van der Waals surface area (Å²) in [6.07, 6.45) is 21.5. The number of hydrogen-bond acceptors (Lipinski definition) is 4. The van der Waals surface area contributed by atoms with Crippen LogP contribution in [-0.2, 0) is 14.3 Å². The number of carbonyl (C=O) groups excluding carboxylic acids is 1. The Labute approximate surface area is 197 Å². The number of allylic oxidation sites excluding steroid dienone is 1. The normalized spacial score (nSPS) is 12.6. The molecule has 0 aromatic rings. The fraction of sp³-hybridized carbons (Fsp3) is 0.852. The van der Waals surface area contributed by atoms with Gasteiger partial charge in [0.15, 0.2) is 0 Å². The van der Waals surface area contributed by atoms with Crippen molar-refractivity contribution in [1.82, 2.24) is 0 Å². The van der Waals surface area contributed by atoms with Crippen molar-refractivity contribution in [2.45, 2.75) is 148 Å². The van der Waals surface area contributed by atoms with Crippen LogP contribution >= 0.6 is 0 Å². The summed E-state index contributed by atoms with van der Waals surface area (Å²) in [6, 6.07) is 0. The maximum Gasteiger partial charge on any atom is 0.334 e. The summed E-state index contributed by atoms with van der Waals surface area (Å²) < 4.78 is 5.31. The second-order valence-corrected chi connectivity index (χ2v) is 9.13. The quantitative estimate of drug-likeness (QED) is 0.0702. The molecule has 0 radical (unpaired) electrons. The van der Waals surface area contributed by atoms with Gasteiger partial charge in [0.25, 0.3) is 0 Å². The molecule has 2 N–H and O–H groups in total. The van der Waals surface area contributed by atoms with Gasteiger partial charge in [-0.3, -0.25) is 4.79 Å². The van der Waals surface area contributed by atoms with Crippen LogP contribution in [0.3, 0.4) is 0 Å². The minimum absolute atomic E-state index is 0.0274. The average molecular weight is 455 g/mol. The summed E-state index contributed by atoms with van der Waals surface area (Å²) in [5, 5.41) is 19.1. The van der Waals surface area contributed by atoms with Gasteiger partial charge in [0.1, 0.15) is 6.10 Å². The Bertz CT molecular complexity index is 486. The van der Waals surface area contributed by atoms with E-state index in [0.717, 1.165) is 44.6 Å². The highest BCUT2D eigenvalue weighted by molar-refractivity contribution is 5.82. The van der Waals surface area contributed by atoms with E-state index in [0.29, 0.717) is 12.8 Å². The molecule has 0 amide bonds. The van der Waals surface area contributed by atoms with Crippen LogP contribution < -0.4 is 0 Å². The zero-order valence-electron chi connectivity index (χ0n) is 20.9. The van der Waals surface area contributed by atoms with E-state index in [1.165, 1.54) is 70.6 Å². The van der Waals surface area contributed by atoms with E-state index < -0.39 is 18.0 Å². The highest BCUT2D eigenvalue weighted by Crippen LogP contribution is 2.15. The van der Waals surface area contributed by atoms with Crippen LogP contribution in [0.1, 0.15) is 142 Å². The third-order valence-electron chi connectivity index (χ3n) is 5.89. The zero-order chi connectivity index (χ0) is 23.9. The number of carbonyl (C=O) groups is 2. The SMILES string of the molecule is CCCCCCCCCCCCCC(O)=CC(=O)OC(CCCCCCCC)CC(=O)O. The fourth-order valence-electron chi connectivity index (χ4n) is 3.93. The Morgan fingerprint density at radius 2 is 1.12 bits per heavy atom. The van der Waals surface area contributed by atoms with E-state index in [9.17, 15) is 14.7 Å². The maximum atomic E-state index is 12.1. The highest BCUT2D eigenvalue weighted by atomic mass is 16.5. The number of carboxylic acid groups (broad SMARTS) is 1. The lowest BCUT2D eigenvalue weighted by Crippen LogP contribution is -2.21. The third kappa shape index (κ3) is 21.7. The molecule has 0 saturated heterocycles. The predicted molar refractivity (Wildman–Crippen MR) is 132 cm³/mol. The molecular formula is C27H50O5. The lowest BCUT2D eigenvalue weighted by molar-refractivity contribution is -0.148. The first-order valence-electron chi connectivity index (χ1n) is 13.3. The van der Waals surface area contributed by atoms with Crippen LogP contribution in [0, 0.1) is 0 Å². The summed E-state index contributed by atoms with van der Waals surface area (Å²) >= 11 is 0. The topological polar surface area (TPSA) is 83.8 Å². The predicted octanol–water partition coefficient (Wildman–Crippen LogP) is 8.27. The van der Waals surface area contributed by atoms with Crippen molar-refractivity contribution in [3.63, 3.8) is 0 Å². The molecule has 0 aliphatic carbocycles. The second kappa shape index (κ2) is 22.7. The van der Waals surface area contributed by atoms with Gasteiger partial charge < -0.3 is 14.9 Å². The Morgan fingerprint density at radius 3 is 1.59 bits per heavy atom. The molecule has 0 aromatic carbocycles. The first-order valence-corrected chi connectivity index (χ1v) is 13.3. The molecule has 1 unspecified atom stereocenters. The average Bonchev–Trinajstić information content (AvgIpc) is 2.73. The third-order valence-corrected chi connectivity index (χ3v) is 5.89. The van der Waals surface area contributed by atoms with Gasteiger partial charge in [-0.1, -0.05) is 110 Å². The molecule has 0 bridgehead atoms. The number of aliphatic hydroxyl groups excluding tert-OH is 1. The molecule has 1 atom stereocenters. The van der Waals surface area contributed by atoms with Gasteiger partial charge in [0.05, 0.1) is 18.3 Å². The number of aliphatic carboxylic acids is 1. The summed E-state index contributed by atoms with van der Waals surface area (Å²) in [5.41, 5.74) is 0. The van der Waals surface area contributed by atoms with Crippen LogP contribution in [0.25, 0.3) is 0 Å². The standard InChI is InChI=1S/C27H50O5/c1-3-5-7-9-11-12-13-14-15-16-18-20-24(28)22-27(31)32-25(23-26(29)30)21-19-17-10-8-6-4-2/h22,25,28H,3-21,23H2,1-2H3,(H,29,30). The fourth-order valence-corrected chi connectivity index (χ4v) is 3.93. The van der Waals surface area contributed by atoms with Gasteiger partial charge in [-0.2, -0.15) is 0 Å². The van der Waals surface area contributed by atoms with Gasteiger partial charge >= 0.3 is 11.9 Å². The number of ether oxygens (including phenoxy) is 1. The molecule has 0 spiro atoms. The minimum atomic E-state index is -0.969. The first-order chi connectivity index (χ1) is 15.5. The number of hydrogen-bond donors (Lipinski definition) is 2. The van der Waals surface area contributed by atoms with E-state index >= 15 is 0 Å². The van der Waals surface area contributed by atoms with Crippen molar-refractivity contribution in [3.8, 4) is 0 Å². The van der Waals surface area contributed by atoms with E-state index in [4.69, 9.17) is 9.84 Å². The van der Waals surface area contributed by atoms with Gasteiger partial charge in [0, 0.05) is 6.42 Å². The molecule has 5 nitrogen and oxygen atoms in total. The first kappa shape index (κ1) is 30.5. The van der Waals surface area contributed by atoms with Crippen LogP contribution in [0.15, 0.2) is 11.8 Å². The molecule has 32 heavy (non-hydrogen) atoms. The molecule has 0 aromatic heterocycles. The number of unbranched alkanes of at least 4 members (excludes halogenated alkanes) is 15. The Hall–Kier alpha value is -1.52. The summed E-state index contributed by atoms with van der Waals surface area (Å²) in [4.78, 5) is 23.1. The summed E-state index contributed by atoms with van der Waals surface area (Å²) in [6.45, 7) is 4.41. The van der Waals surface area contributed by atoms with Crippen molar-refractivity contribution in [3.05, 3.63) is 11.8 Å². The van der Waals surface area contributed by atoms with Crippen molar-refractivity contribution in [2.75, 3.05) is 0 Å². The number of rotatable bonds is 23. The lowest BCUT2D eigenvalue weighted by atomic mass is 10.0. The molecular weight excluding hydrogens is 404 g/mol. The van der Waals surface area contributed by atoms with Gasteiger partial charge in [0.2, 0.25) is 0 Å². The molecule has 0 saturated carbocycles. The van der Waals surface area contributed by atoms with Gasteiger partial charge in [-0.05, 0) is 19.3 Å². The maximum absolute atomic E-state index is 12.1. The highest BCUT2D eigenvalue weighted by Gasteiger charge is 2.17. The van der Waals surface area contributed by atoms with Crippen molar-refractivity contribution in [2.24, 2.45) is 0 Å². The largest absolute Gasteiger partial charge is 0.512 e. The van der Waals surface area contributed by atoms with Crippen molar-refractivity contribution < 1.29 is 24.5 Å².